The molecule has 1 fully saturated rings. The van der Waals surface area contributed by atoms with Crippen LogP contribution in [-0.4, -0.2) is 33.4 Å². The Kier molecular flexibility index (Phi) is 5.88. The Hall–Kier alpha value is -2.32. The van der Waals surface area contributed by atoms with Gasteiger partial charge in [0.15, 0.2) is 15.0 Å². The number of hydrogen-bond donors (Lipinski definition) is 0. The molecule has 1 aliphatic rings. The summed E-state index contributed by atoms with van der Waals surface area (Å²) in [6.07, 6.45) is 9.10. The van der Waals surface area contributed by atoms with E-state index < -0.39 is 20.9 Å². The van der Waals surface area contributed by atoms with Crippen molar-refractivity contribution < 1.29 is 12.8 Å². The van der Waals surface area contributed by atoms with Crippen LogP contribution in [0.25, 0.3) is 5.69 Å². The first kappa shape index (κ1) is 20.9. The van der Waals surface area contributed by atoms with Gasteiger partial charge in [-0.25, -0.2) is 27.5 Å². The molecule has 158 valence electrons. The minimum Gasteiger partial charge on any atom is -0.239 e. The number of aryl methyl sites for hydroxylation is 2. The van der Waals surface area contributed by atoms with Gasteiger partial charge in [0.2, 0.25) is 0 Å². The van der Waals surface area contributed by atoms with Crippen molar-refractivity contribution in [2.24, 2.45) is 5.92 Å². The lowest BCUT2D eigenvalue weighted by atomic mass is 9.81. The monoisotopic (exact) mass is 448 g/mol. The first-order chi connectivity index (χ1) is 14.3. The maximum atomic E-state index is 13.1. The first-order valence-electron chi connectivity index (χ1n) is 9.87. The highest BCUT2D eigenvalue weighted by Crippen LogP contribution is 2.40. The molecule has 2 atom stereocenters. The van der Waals surface area contributed by atoms with Gasteiger partial charge in [0.05, 0.1) is 22.5 Å². The van der Waals surface area contributed by atoms with Crippen molar-refractivity contribution in [2.75, 3.05) is 0 Å². The fraction of sp³-hybridized carbons (Fsp3) is 0.381. The summed E-state index contributed by atoms with van der Waals surface area (Å²) < 4.78 is 40.4. The summed E-state index contributed by atoms with van der Waals surface area (Å²) in [4.78, 5) is 8.53. The minimum atomic E-state index is -3.43. The summed E-state index contributed by atoms with van der Waals surface area (Å²) in [6, 6.07) is 5.09. The van der Waals surface area contributed by atoms with Crippen molar-refractivity contribution in [2.45, 2.75) is 49.2 Å². The smallest absolute Gasteiger partial charge is 0.181 e. The average Bonchev–Trinajstić information content (AvgIpc) is 3.05. The predicted octanol–water partition coefficient (Wildman–Crippen LogP) is 4.34. The summed E-state index contributed by atoms with van der Waals surface area (Å²) in [7, 11) is -3.43. The van der Waals surface area contributed by atoms with Crippen LogP contribution in [0.2, 0.25) is 5.15 Å². The molecule has 0 saturated heterocycles. The molecule has 1 aliphatic carbocycles. The third-order valence-electron chi connectivity index (χ3n) is 5.68. The van der Waals surface area contributed by atoms with Crippen LogP contribution < -0.4 is 0 Å². The van der Waals surface area contributed by atoms with Gasteiger partial charge < -0.3 is 0 Å². The first-order valence-corrected chi connectivity index (χ1v) is 11.8. The van der Waals surface area contributed by atoms with Crippen molar-refractivity contribution in [3.63, 3.8) is 0 Å². The van der Waals surface area contributed by atoms with E-state index in [0.717, 1.165) is 30.5 Å². The standard InChI is InChI=1S/C21H22ClFN4O2S/c1-14-24-11-18(12-25-14)27-13-16(21(22)26-27)4-2-3-15-5-10-20(15)30(28,29)19-8-6-17(23)7-9-19/h6-9,11-13,15,20H,2-5,10H2,1H3. The third-order valence-corrected chi connectivity index (χ3v) is 8.35. The summed E-state index contributed by atoms with van der Waals surface area (Å²) in [5.41, 5.74) is 1.65. The molecular formula is C21H22ClFN4O2S. The number of nitrogens with zero attached hydrogens (tertiary/aromatic N) is 4. The zero-order valence-electron chi connectivity index (χ0n) is 16.5. The van der Waals surface area contributed by atoms with E-state index in [1.165, 1.54) is 24.3 Å². The van der Waals surface area contributed by atoms with E-state index in [9.17, 15) is 12.8 Å². The number of aromatic nitrogens is 4. The molecule has 2 unspecified atom stereocenters. The molecule has 6 nitrogen and oxygen atoms in total. The van der Waals surface area contributed by atoms with Gasteiger partial charge in [-0.05, 0) is 69.2 Å². The predicted molar refractivity (Wildman–Crippen MR) is 112 cm³/mol. The molecule has 1 aromatic carbocycles. The molecule has 0 amide bonds. The van der Waals surface area contributed by atoms with Crippen LogP contribution in [-0.2, 0) is 16.3 Å². The van der Waals surface area contributed by atoms with E-state index in [1.807, 2.05) is 13.1 Å². The average molecular weight is 449 g/mol. The normalized spacial score (nSPS) is 18.9. The van der Waals surface area contributed by atoms with E-state index in [1.54, 1.807) is 17.1 Å². The van der Waals surface area contributed by atoms with E-state index in [0.29, 0.717) is 23.8 Å². The molecule has 9 heteroatoms. The SMILES string of the molecule is Cc1ncc(-n2cc(CCCC3CCC3S(=O)(=O)c3ccc(F)cc3)c(Cl)n2)cn1. The highest BCUT2D eigenvalue weighted by molar-refractivity contribution is 7.92. The third kappa shape index (κ3) is 4.25. The Morgan fingerprint density at radius 1 is 1.17 bits per heavy atom. The van der Waals surface area contributed by atoms with Crippen LogP contribution in [0.15, 0.2) is 47.8 Å². The van der Waals surface area contributed by atoms with Gasteiger partial charge in [-0.1, -0.05) is 11.6 Å². The Bertz CT molecular complexity index is 1130. The highest BCUT2D eigenvalue weighted by Gasteiger charge is 2.41. The Morgan fingerprint density at radius 2 is 1.87 bits per heavy atom. The van der Waals surface area contributed by atoms with Crippen molar-refractivity contribution in [3.8, 4) is 5.69 Å². The molecular weight excluding hydrogens is 427 g/mol. The van der Waals surface area contributed by atoms with E-state index in [2.05, 4.69) is 15.1 Å². The zero-order chi connectivity index (χ0) is 21.3. The van der Waals surface area contributed by atoms with Crippen molar-refractivity contribution in [1.82, 2.24) is 19.7 Å². The van der Waals surface area contributed by atoms with Crippen molar-refractivity contribution >= 4 is 21.4 Å². The number of halogens is 2. The van der Waals surface area contributed by atoms with Gasteiger partial charge in [0.25, 0.3) is 0 Å². The van der Waals surface area contributed by atoms with Crippen LogP contribution in [0.3, 0.4) is 0 Å². The van der Waals surface area contributed by atoms with Gasteiger partial charge in [-0.3, -0.25) is 0 Å². The van der Waals surface area contributed by atoms with E-state index in [-0.39, 0.29) is 10.8 Å². The Balaban J connectivity index is 1.37. The molecule has 0 spiro atoms. The van der Waals surface area contributed by atoms with Crippen molar-refractivity contribution in [3.05, 3.63) is 65.2 Å². The Labute approximate surface area is 180 Å². The Morgan fingerprint density at radius 3 is 2.50 bits per heavy atom. The van der Waals surface area contributed by atoms with Crippen LogP contribution in [0.4, 0.5) is 4.39 Å². The molecule has 2 aromatic heterocycles. The second kappa shape index (κ2) is 8.43. The lowest BCUT2D eigenvalue weighted by molar-refractivity contribution is 0.291. The fourth-order valence-electron chi connectivity index (χ4n) is 3.82. The molecule has 2 heterocycles. The van der Waals surface area contributed by atoms with Crippen molar-refractivity contribution in [1.29, 1.82) is 0 Å². The fourth-order valence-corrected chi connectivity index (χ4v) is 6.14. The van der Waals surface area contributed by atoms with Crippen LogP contribution in [0.5, 0.6) is 0 Å². The largest absolute Gasteiger partial charge is 0.239 e. The number of rotatable bonds is 7. The molecule has 30 heavy (non-hydrogen) atoms. The van der Waals surface area contributed by atoms with Gasteiger partial charge in [-0.2, -0.15) is 5.10 Å². The zero-order valence-corrected chi connectivity index (χ0v) is 18.1. The second-order valence-electron chi connectivity index (χ2n) is 7.65. The van der Waals surface area contributed by atoms with Gasteiger partial charge in [-0.15, -0.1) is 0 Å². The molecule has 4 rings (SSSR count). The summed E-state index contributed by atoms with van der Waals surface area (Å²) >= 11 is 6.28. The van der Waals surface area contributed by atoms with Gasteiger partial charge in [0, 0.05) is 11.8 Å². The van der Waals surface area contributed by atoms with E-state index in [4.69, 9.17) is 11.6 Å². The van der Waals surface area contributed by atoms with Crippen LogP contribution in [0, 0.1) is 18.7 Å². The maximum absolute atomic E-state index is 13.1. The summed E-state index contributed by atoms with van der Waals surface area (Å²) in [5.74, 6) is 0.357. The molecule has 3 aromatic rings. The lowest BCUT2D eigenvalue weighted by Crippen LogP contribution is -2.38. The number of benzene rings is 1. The minimum absolute atomic E-state index is 0.111. The number of sulfone groups is 1. The van der Waals surface area contributed by atoms with E-state index >= 15 is 0 Å². The summed E-state index contributed by atoms with van der Waals surface area (Å²) in [6.45, 7) is 1.81. The highest BCUT2D eigenvalue weighted by atomic mass is 35.5. The van der Waals surface area contributed by atoms with Gasteiger partial charge >= 0.3 is 0 Å². The number of hydrogen-bond acceptors (Lipinski definition) is 5. The molecule has 0 bridgehead atoms. The molecule has 0 aliphatic heterocycles. The van der Waals surface area contributed by atoms with Crippen LogP contribution >= 0.6 is 11.6 Å². The van der Waals surface area contributed by atoms with Gasteiger partial charge in [0.1, 0.15) is 17.3 Å². The lowest BCUT2D eigenvalue weighted by Gasteiger charge is -2.36. The quantitative estimate of drug-likeness (QED) is 0.502. The summed E-state index contributed by atoms with van der Waals surface area (Å²) in [5, 5.41) is 4.35. The molecule has 0 radical (unpaired) electrons. The van der Waals surface area contributed by atoms with Crippen LogP contribution in [0.1, 0.15) is 37.1 Å². The molecule has 1 saturated carbocycles. The topological polar surface area (TPSA) is 77.7 Å². The second-order valence-corrected chi connectivity index (χ2v) is 10.2. The maximum Gasteiger partial charge on any atom is 0.181 e. The molecule has 0 N–H and O–H groups in total.